The van der Waals surface area contributed by atoms with Crippen molar-refractivity contribution >= 4 is 74.6 Å². The second-order valence-electron chi connectivity index (χ2n) is 8.76. The third kappa shape index (κ3) is 5.51. The quantitative estimate of drug-likeness (QED) is 0.0829. The van der Waals surface area contributed by atoms with Crippen LogP contribution in [-0.2, 0) is 28.9 Å². The van der Waals surface area contributed by atoms with E-state index < -0.39 is 5.97 Å². The Kier molecular flexibility index (Phi) is 8.46. The lowest BCUT2D eigenvalue weighted by molar-refractivity contribution is -0.113. The molecule has 4 aromatic rings. The standard InChI is InChI=1S/C27H26N4O4S4/c1-3-14-30-24(33)20-17-12-8-9-13-18(17)38-23(20)29-26(30)37-15-19(32)28-22-21(25(34)35-4-2)39-27(36)31(22)16-10-6-5-7-11-16/h3,5-7,10-11H,1,4,8-9,12-15H2,2H3,(H,28,32). The molecule has 3 heterocycles. The summed E-state index contributed by atoms with van der Waals surface area (Å²) in [7, 11) is 0. The van der Waals surface area contributed by atoms with Crippen molar-refractivity contribution in [3.63, 3.8) is 0 Å². The summed E-state index contributed by atoms with van der Waals surface area (Å²) in [6.07, 6.45) is 5.71. The number of aryl methyl sites for hydroxylation is 2. The topological polar surface area (TPSA) is 95.2 Å². The molecule has 1 aliphatic carbocycles. The van der Waals surface area contributed by atoms with Gasteiger partial charge in [0, 0.05) is 17.1 Å². The summed E-state index contributed by atoms with van der Waals surface area (Å²) >= 11 is 9.37. The molecule has 3 aromatic heterocycles. The van der Waals surface area contributed by atoms with E-state index in [0.29, 0.717) is 26.7 Å². The predicted octanol–water partition coefficient (Wildman–Crippen LogP) is 6.01. The van der Waals surface area contributed by atoms with Crippen molar-refractivity contribution in [1.29, 1.82) is 0 Å². The first-order valence-corrected chi connectivity index (χ1v) is 15.5. The molecule has 0 bridgehead atoms. The number of nitrogens with one attached hydrogen (secondary N) is 1. The number of amides is 1. The van der Waals surface area contributed by atoms with Crippen LogP contribution in [0.2, 0.25) is 0 Å². The van der Waals surface area contributed by atoms with Crippen molar-refractivity contribution in [3.05, 3.63) is 72.6 Å². The average molecular weight is 599 g/mol. The van der Waals surface area contributed by atoms with Crippen LogP contribution < -0.4 is 10.9 Å². The van der Waals surface area contributed by atoms with Gasteiger partial charge in [0.1, 0.15) is 10.6 Å². The van der Waals surface area contributed by atoms with E-state index in [1.54, 1.807) is 33.5 Å². The fourth-order valence-corrected chi connectivity index (χ4v) is 7.95. The summed E-state index contributed by atoms with van der Waals surface area (Å²) in [4.78, 5) is 46.4. The van der Waals surface area contributed by atoms with Crippen LogP contribution in [0.3, 0.4) is 0 Å². The number of carbonyl (C=O) groups excluding carboxylic acids is 2. The van der Waals surface area contributed by atoms with Crippen LogP contribution in [0.1, 0.15) is 39.9 Å². The van der Waals surface area contributed by atoms with E-state index in [1.165, 1.54) is 16.6 Å². The third-order valence-corrected chi connectivity index (χ3v) is 9.74. The Hall–Kier alpha value is -3.06. The SMILES string of the molecule is C=CCn1c(SCC(=O)Nc2c(C(=O)OCC)sc(=S)n2-c2ccccc2)nc2sc3c(c2c1=O)CCCC3. The first-order valence-electron chi connectivity index (χ1n) is 12.5. The smallest absolute Gasteiger partial charge is 0.352 e. The number of ether oxygens (including phenoxy) is 1. The molecule has 0 spiro atoms. The van der Waals surface area contributed by atoms with Crippen molar-refractivity contribution in [2.24, 2.45) is 0 Å². The van der Waals surface area contributed by atoms with Gasteiger partial charge in [0.25, 0.3) is 5.56 Å². The molecule has 0 atom stereocenters. The molecule has 39 heavy (non-hydrogen) atoms. The summed E-state index contributed by atoms with van der Waals surface area (Å²) in [5.41, 5.74) is 1.74. The number of thiazole rings is 1. The number of benzene rings is 1. The summed E-state index contributed by atoms with van der Waals surface area (Å²) < 4.78 is 8.85. The molecule has 0 saturated heterocycles. The van der Waals surface area contributed by atoms with Gasteiger partial charge in [0.05, 0.1) is 17.7 Å². The van der Waals surface area contributed by atoms with Crippen molar-refractivity contribution in [3.8, 4) is 5.69 Å². The van der Waals surface area contributed by atoms with E-state index in [4.69, 9.17) is 21.9 Å². The van der Waals surface area contributed by atoms with Gasteiger partial charge in [-0.2, -0.15) is 0 Å². The van der Waals surface area contributed by atoms with Gasteiger partial charge in [-0.15, -0.1) is 17.9 Å². The summed E-state index contributed by atoms with van der Waals surface area (Å²) in [6.45, 7) is 6.00. The number of carbonyl (C=O) groups is 2. The highest BCUT2D eigenvalue weighted by atomic mass is 32.2. The number of hydrogen-bond acceptors (Lipinski definition) is 9. The summed E-state index contributed by atoms with van der Waals surface area (Å²) in [5, 5.41) is 4.02. The van der Waals surface area contributed by atoms with E-state index in [0.717, 1.165) is 47.4 Å². The number of thiophene rings is 1. The van der Waals surface area contributed by atoms with Gasteiger partial charge >= 0.3 is 5.97 Å². The monoisotopic (exact) mass is 598 g/mol. The van der Waals surface area contributed by atoms with Crippen molar-refractivity contribution < 1.29 is 14.3 Å². The number of nitrogens with zero attached hydrogens (tertiary/aromatic N) is 3. The predicted molar refractivity (Wildman–Crippen MR) is 161 cm³/mol. The second-order valence-corrected chi connectivity index (χ2v) is 12.4. The van der Waals surface area contributed by atoms with Gasteiger partial charge < -0.3 is 10.1 Å². The number of hydrogen-bond donors (Lipinski definition) is 1. The van der Waals surface area contributed by atoms with E-state index in [9.17, 15) is 14.4 Å². The fourth-order valence-electron chi connectivity index (χ4n) is 4.55. The molecule has 5 rings (SSSR count). The van der Waals surface area contributed by atoms with Gasteiger partial charge in [-0.3, -0.25) is 18.7 Å². The molecule has 202 valence electrons. The number of para-hydroxylation sites is 1. The molecule has 0 unspecified atom stereocenters. The molecular formula is C27H26N4O4S4. The molecule has 8 nitrogen and oxygen atoms in total. The molecule has 0 fully saturated rings. The molecule has 1 N–H and O–H groups in total. The van der Waals surface area contributed by atoms with Crippen LogP contribution in [0.25, 0.3) is 15.9 Å². The molecule has 0 radical (unpaired) electrons. The number of anilines is 1. The number of allylic oxidation sites excluding steroid dienone is 1. The summed E-state index contributed by atoms with van der Waals surface area (Å²) in [6, 6.07) is 9.26. The van der Waals surface area contributed by atoms with E-state index >= 15 is 0 Å². The Bertz CT molecular complexity index is 1680. The number of aromatic nitrogens is 3. The zero-order valence-electron chi connectivity index (χ0n) is 21.2. The second kappa shape index (κ2) is 12.0. The zero-order valence-corrected chi connectivity index (χ0v) is 24.5. The van der Waals surface area contributed by atoms with Gasteiger partial charge in [-0.05, 0) is 62.5 Å². The lowest BCUT2D eigenvalue weighted by Gasteiger charge is -2.13. The van der Waals surface area contributed by atoms with Crippen LogP contribution in [0.15, 0.2) is 52.9 Å². The maximum Gasteiger partial charge on any atom is 0.352 e. The fraction of sp³-hybridized carbons (Fsp3) is 0.296. The highest BCUT2D eigenvalue weighted by molar-refractivity contribution is 7.99. The highest BCUT2D eigenvalue weighted by Crippen LogP contribution is 2.35. The summed E-state index contributed by atoms with van der Waals surface area (Å²) in [5.74, 6) is -0.689. The van der Waals surface area contributed by atoms with E-state index in [-0.39, 0.29) is 34.5 Å². The minimum Gasteiger partial charge on any atom is -0.462 e. The molecular weight excluding hydrogens is 573 g/mol. The number of fused-ring (bicyclic) bond motifs is 3. The Morgan fingerprint density at radius 2 is 2.00 bits per heavy atom. The Balaban J connectivity index is 1.45. The minimum atomic E-state index is -0.556. The molecule has 1 aliphatic rings. The maximum atomic E-state index is 13.5. The molecule has 1 amide bonds. The largest absolute Gasteiger partial charge is 0.462 e. The number of rotatable bonds is 9. The first-order chi connectivity index (χ1) is 18.9. The van der Waals surface area contributed by atoms with E-state index in [2.05, 4.69) is 11.9 Å². The highest BCUT2D eigenvalue weighted by Gasteiger charge is 2.25. The van der Waals surface area contributed by atoms with Crippen LogP contribution in [0.5, 0.6) is 0 Å². The Morgan fingerprint density at radius 1 is 1.23 bits per heavy atom. The molecule has 1 aromatic carbocycles. The van der Waals surface area contributed by atoms with Crippen LogP contribution in [0.4, 0.5) is 5.82 Å². The third-order valence-electron chi connectivity index (χ3n) is 6.23. The van der Waals surface area contributed by atoms with Crippen LogP contribution in [-0.4, -0.2) is 38.4 Å². The Labute approximate surface area is 242 Å². The zero-order chi connectivity index (χ0) is 27.5. The van der Waals surface area contributed by atoms with Crippen molar-refractivity contribution in [2.45, 2.75) is 44.3 Å². The lowest BCUT2D eigenvalue weighted by atomic mass is 9.97. The van der Waals surface area contributed by atoms with Gasteiger partial charge in [-0.25, -0.2) is 9.78 Å². The number of thioether (sulfide) groups is 1. The van der Waals surface area contributed by atoms with Gasteiger partial charge in [0.15, 0.2) is 14.0 Å². The van der Waals surface area contributed by atoms with Crippen molar-refractivity contribution in [2.75, 3.05) is 17.7 Å². The van der Waals surface area contributed by atoms with Gasteiger partial charge in [0.2, 0.25) is 5.91 Å². The van der Waals surface area contributed by atoms with Crippen molar-refractivity contribution in [1.82, 2.24) is 14.1 Å². The van der Waals surface area contributed by atoms with Crippen LogP contribution >= 0.6 is 46.7 Å². The lowest BCUT2D eigenvalue weighted by Crippen LogP contribution is -2.24. The normalized spacial score (nSPS) is 12.7. The average Bonchev–Trinajstić information content (AvgIpc) is 3.47. The maximum absolute atomic E-state index is 13.5. The molecule has 0 saturated carbocycles. The number of esters is 1. The Morgan fingerprint density at radius 3 is 2.74 bits per heavy atom. The van der Waals surface area contributed by atoms with Gasteiger partial charge in [-0.1, -0.05) is 47.4 Å². The van der Waals surface area contributed by atoms with E-state index in [1.807, 2.05) is 30.3 Å². The minimum absolute atomic E-state index is 0.0279. The van der Waals surface area contributed by atoms with Crippen LogP contribution in [0, 0.1) is 3.95 Å². The molecule has 0 aliphatic heterocycles. The molecule has 12 heteroatoms. The first kappa shape index (κ1) is 27.5.